The highest BCUT2D eigenvalue weighted by molar-refractivity contribution is 6.85. The molecule has 0 radical (unpaired) electrons. The van der Waals surface area contributed by atoms with Crippen molar-refractivity contribution in [3.63, 3.8) is 0 Å². The second-order valence-electron chi connectivity index (χ2n) is 3.10. The smallest absolute Gasteiger partial charge is 0.219 e. The van der Waals surface area contributed by atoms with Gasteiger partial charge in [-0.15, -0.1) is 0 Å². The molecule has 0 aliphatic carbocycles. The summed E-state index contributed by atoms with van der Waals surface area (Å²) in [6.07, 6.45) is 0. The number of rotatable bonds is 3. The molecule has 2 heteroatoms. The molecule has 1 aromatic rings. The van der Waals surface area contributed by atoms with E-state index >= 15 is 0 Å². The summed E-state index contributed by atoms with van der Waals surface area (Å²) in [5.74, 6) is 0. The van der Waals surface area contributed by atoms with Crippen molar-refractivity contribution < 1.29 is 4.80 Å². The van der Waals surface area contributed by atoms with Gasteiger partial charge in [0, 0.05) is 0 Å². The molecular formula is C10H16OSi. The van der Waals surface area contributed by atoms with Gasteiger partial charge < -0.3 is 4.80 Å². The number of hydrogen-bond donors (Lipinski definition) is 1. The Morgan fingerprint density at radius 2 is 1.58 bits per heavy atom. The third-order valence-corrected chi connectivity index (χ3v) is 6.23. The molecule has 0 saturated carbocycles. The summed E-state index contributed by atoms with van der Waals surface area (Å²) in [5, 5.41) is 1.16. The fraction of sp³-hybridized carbons (Fsp3) is 0.400. The molecule has 0 saturated heterocycles. The van der Waals surface area contributed by atoms with Crippen LogP contribution in [0.4, 0.5) is 0 Å². The largest absolute Gasteiger partial charge is 0.427 e. The Balaban J connectivity index is 2.95. The lowest BCUT2D eigenvalue weighted by atomic mass is 10.4. The fourth-order valence-electron chi connectivity index (χ4n) is 1.41. The monoisotopic (exact) mass is 180 g/mol. The minimum absolute atomic E-state index is 0.910. The predicted octanol–water partition coefficient (Wildman–Crippen LogP) is 1.87. The average molecular weight is 180 g/mol. The van der Waals surface area contributed by atoms with Crippen molar-refractivity contribution in [2.24, 2.45) is 0 Å². The summed E-state index contributed by atoms with van der Waals surface area (Å²) >= 11 is 0. The van der Waals surface area contributed by atoms with Gasteiger partial charge in [-0.2, -0.15) is 0 Å². The molecule has 0 amide bonds. The first kappa shape index (κ1) is 9.48. The zero-order chi connectivity index (χ0) is 9.03. The van der Waals surface area contributed by atoms with Gasteiger partial charge in [0.2, 0.25) is 8.32 Å². The zero-order valence-corrected chi connectivity index (χ0v) is 8.75. The normalized spacial score (nSPS) is 11.6. The van der Waals surface area contributed by atoms with Crippen LogP contribution in [0.2, 0.25) is 12.1 Å². The molecule has 0 aliphatic heterocycles. The molecule has 0 bridgehead atoms. The molecule has 0 fully saturated rings. The maximum Gasteiger partial charge on any atom is 0.219 e. The van der Waals surface area contributed by atoms with Gasteiger partial charge in [0.05, 0.1) is 0 Å². The zero-order valence-electron chi connectivity index (χ0n) is 7.75. The Bertz CT molecular complexity index is 229. The molecule has 1 aromatic carbocycles. The third kappa shape index (κ3) is 1.76. The van der Waals surface area contributed by atoms with E-state index in [0.29, 0.717) is 0 Å². The van der Waals surface area contributed by atoms with Crippen molar-refractivity contribution in [2.45, 2.75) is 25.9 Å². The Kier molecular flexibility index (Phi) is 3.06. The van der Waals surface area contributed by atoms with E-state index in [1.54, 1.807) is 0 Å². The molecule has 0 aliphatic rings. The second-order valence-corrected chi connectivity index (χ2v) is 7.16. The topological polar surface area (TPSA) is 20.2 Å². The van der Waals surface area contributed by atoms with E-state index in [4.69, 9.17) is 0 Å². The van der Waals surface area contributed by atoms with Crippen molar-refractivity contribution in [2.75, 3.05) is 0 Å². The van der Waals surface area contributed by atoms with Crippen LogP contribution in [0, 0.1) is 0 Å². The molecule has 1 N–H and O–H groups in total. The summed E-state index contributed by atoms with van der Waals surface area (Å²) < 4.78 is 0. The van der Waals surface area contributed by atoms with E-state index in [1.165, 1.54) is 0 Å². The molecular weight excluding hydrogens is 164 g/mol. The fourth-order valence-corrected chi connectivity index (χ4v) is 3.54. The van der Waals surface area contributed by atoms with E-state index in [-0.39, 0.29) is 0 Å². The van der Waals surface area contributed by atoms with Gasteiger partial charge in [0.25, 0.3) is 0 Å². The summed E-state index contributed by atoms with van der Waals surface area (Å²) in [5.41, 5.74) is 0. The van der Waals surface area contributed by atoms with E-state index in [1.807, 2.05) is 30.3 Å². The molecule has 0 aromatic heterocycles. The summed E-state index contributed by atoms with van der Waals surface area (Å²) in [6.45, 7) is 4.14. The highest BCUT2D eigenvalue weighted by atomic mass is 28.4. The van der Waals surface area contributed by atoms with Crippen LogP contribution >= 0.6 is 0 Å². The number of hydrogen-bond acceptors (Lipinski definition) is 1. The van der Waals surface area contributed by atoms with Gasteiger partial charge >= 0.3 is 0 Å². The van der Waals surface area contributed by atoms with Crippen molar-refractivity contribution in [1.82, 2.24) is 0 Å². The maximum atomic E-state index is 10.2. The van der Waals surface area contributed by atoms with E-state index in [0.717, 1.165) is 17.3 Å². The molecule has 0 spiro atoms. The molecule has 1 rings (SSSR count). The van der Waals surface area contributed by atoms with Gasteiger partial charge in [-0.25, -0.2) is 0 Å². The van der Waals surface area contributed by atoms with Crippen LogP contribution in [-0.4, -0.2) is 13.1 Å². The molecule has 66 valence electrons. The van der Waals surface area contributed by atoms with Gasteiger partial charge in [-0.05, 0) is 17.3 Å². The van der Waals surface area contributed by atoms with E-state index in [2.05, 4.69) is 13.8 Å². The Hall–Kier alpha value is -0.603. The maximum absolute atomic E-state index is 10.2. The Labute approximate surface area is 75.2 Å². The van der Waals surface area contributed by atoms with Crippen LogP contribution in [0.25, 0.3) is 0 Å². The van der Waals surface area contributed by atoms with Crippen LogP contribution in [0.15, 0.2) is 30.3 Å². The molecule has 12 heavy (non-hydrogen) atoms. The first-order valence-corrected chi connectivity index (χ1v) is 6.87. The van der Waals surface area contributed by atoms with Gasteiger partial charge in [-0.1, -0.05) is 44.2 Å². The van der Waals surface area contributed by atoms with Crippen LogP contribution in [0.5, 0.6) is 0 Å². The van der Waals surface area contributed by atoms with Crippen LogP contribution < -0.4 is 5.19 Å². The van der Waals surface area contributed by atoms with Crippen molar-refractivity contribution in [3.8, 4) is 0 Å². The Morgan fingerprint density at radius 1 is 1.08 bits per heavy atom. The standard InChI is InChI=1S/C10H16OSi/c1-3-12(11,4-2)10-8-6-5-7-9-10/h5-9,11H,3-4H2,1-2H3. The van der Waals surface area contributed by atoms with Crippen molar-refractivity contribution in [1.29, 1.82) is 0 Å². The average Bonchev–Trinajstić information content (AvgIpc) is 2.18. The first-order chi connectivity index (χ1) is 5.73. The molecule has 0 heterocycles. The van der Waals surface area contributed by atoms with E-state index in [9.17, 15) is 4.80 Å². The second kappa shape index (κ2) is 3.87. The first-order valence-electron chi connectivity index (χ1n) is 4.51. The highest BCUT2D eigenvalue weighted by Crippen LogP contribution is 2.10. The van der Waals surface area contributed by atoms with Crippen LogP contribution in [0.3, 0.4) is 0 Å². The van der Waals surface area contributed by atoms with Gasteiger partial charge in [-0.3, -0.25) is 0 Å². The van der Waals surface area contributed by atoms with E-state index < -0.39 is 8.32 Å². The SMILES string of the molecule is CC[Si](O)(CC)c1ccccc1. The molecule has 0 unspecified atom stereocenters. The lowest BCUT2D eigenvalue weighted by molar-refractivity contribution is 0.550. The minimum Gasteiger partial charge on any atom is -0.427 e. The highest BCUT2D eigenvalue weighted by Gasteiger charge is 2.28. The lowest BCUT2D eigenvalue weighted by Gasteiger charge is -2.21. The summed E-state index contributed by atoms with van der Waals surface area (Å²) in [6, 6.07) is 11.9. The van der Waals surface area contributed by atoms with Gasteiger partial charge in [0.1, 0.15) is 0 Å². The quantitative estimate of drug-likeness (QED) is 0.704. The lowest BCUT2D eigenvalue weighted by Crippen LogP contribution is -2.46. The van der Waals surface area contributed by atoms with Crippen LogP contribution in [0.1, 0.15) is 13.8 Å². The molecule has 1 nitrogen and oxygen atoms in total. The Morgan fingerprint density at radius 3 is 2.00 bits per heavy atom. The molecule has 0 atom stereocenters. The summed E-state index contributed by atoms with van der Waals surface area (Å²) in [7, 11) is -2.07. The van der Waals surface area contributed by atoms with Crippen molar-refractivity contribution in [3.05, 3.63) is 30.3 Å². The number of benzene rings is 1. The summed E-state index contributed by atoms with van der Waals surface area (Å²) in [4.78, 5) is 10.2. The van der Waals surface area contributed by atoms with Gasteiger partial charge in [0.15, 0.2) is 0 Å². The van der Waals surface area contributed by atoms with Crippen molar-refractivity contribution >= 4 is 13.5 Å². The minimum atomic E-state index is -2.07. The van der Waals surface area contributed by atoms with Crippen LogP contribution in [-0.2, 0) is 0 Å². The third-order valence-electron chi connectivity index (χ3n) is 2.48. The predicted molar refractivity (Wildman–Crippen MR) is 55.0 cm³/mol.